The third-order valence-electron chi connectivity index (χ3n) is 2.51. The number of hydrogen-bond donors (Lipinski definition) is 2. The summed E-state index contributed by atoms with van der Waals surface area (Å²) in [6.07, 6.45) is 3.70. The summed E-state index contributed by atoms with van der Waals surface area (Å²) in [5.41, 5.74) is 0.291. The Morgan fingerprint density at radius 1 is 1.24 bits per heavy atom. The molecule has 0 aromatic carbocycles. The number of amides is 3. The summed E-state index contributed by atoms with van der Waals surface area (Å²) in [5.74, 6) is -0.866. The van der Waals surface area contributed by atoms with Gasteiger partial charge in [0, 0.05) is 18.9 Å². The van der Waals surface area contributed by atoms with Gasteiger partial charge in [0.05, 0.1) is 5.56 Å². The molecule has 3 amide bonds. The number of esters is 1. The van der Waals surface area contributed by atoms with Crippen molar-refractivity contribution >= 4 is 17.9 Å². The molecule has 0 atom stereocenters. The first-order chi connectivity index (χ1) is 9.99. The van der Waals surface area contributed by atoms with Crippen LogP contribution in [0.1, 0.15) is 30.6 Å². The Labute approximate surface area is 123 Å². The molecule has 0 spiro atoms. The second kappa shape index (κ2) is 8.68. The van der Waals surface area contributed by atoms with E-state index in [1.165, 1.54) is 24.5 Å². The van der Waals surface area contributed by atoms with Crippen LogP contribution >= 0.6 is 0 Å². The Morgan fingerprint density at radius 2 is 1.90 bits per heavy atom. The number of nitrogens with one attached hydrogen (secondary N) is 2. The van der Waals surface area contributed by atoms with E-state index in [9.17, 15) is 14.4 Å². The largest absolute Gasteiger partial charge is 0.452 e. The van der Waals surface area contributed by atoms with Gasteiger partial charge in [-0.3, -0.25) is 15.1 Å². The minimum Gasteiger partial charge on any atom is -0.452 e. The molecular weight excluding hydrogens is 274 g/mol. The van der Waals surface area contributed by atoms with E-state index in [0.29, 0.717) is 18.0 Å². The van der Waals surface area contributed by atoms with Crippen LogP contribution in [0.2, 0.25) is 0 Å². The molecule has 7 heteroatoms. The van der Waals surface area contributed by atoms with Gasteiger partial charge in [0.25, 0.3) is 5.91 Å². The van der Waals surface area contributed by atoms with Gasteiger partial charge >= 0.3 is 12.0 Å². The third kappa shape index (κ3) is 7.05. The summed E-state index contributed by atoms with van der Waals surface area (Å²) in [4.78, 5) is 38.1. The monoisotopic (exact) mass is 293 g/mol. The minimum atomic E-state index is -0.681. The van der Waals surface area contributed by atoms with Crippen molar-refractivity contribution in [2.75, 3.05) is 13.2 Å². The van der Waals surface area contributed by atoms with Crippen LogP contribution in [-0.4, -0.2) is 36.0 Å². The number of carbonyl (C=O) groups excluding carboxylic acids is 3. The van der Waals surface area contributed by atoms with Crippen molar-refractivity contribution in [2.45, 2.75) is 20.3 Å². The molecule has 2 N–H and O–H groups in total. The second-order valence-electron chi connectivity index (χ2n) is 4.80. The highest BCUT2D eigenvalue weighted by Gasteiger charge is 2.12. The summed E-state index contributed by atoms with van der Waals surface area (Å²) in [7, 11) is 0. The van der Waals surface area contributed by atoms with E-state index >= 15 is 0 Å². The zero-order valence-corrected chi connectivity index (χ0v) is 12.1. The van der Waals surface area contributed by atoms with Crippen molar-refractivity contribution in [1.29, 1.82) is 0 Å². The molecule has 0 bridgehead atoms. The van der Waals surface area contributed by atoms with Crippen LogP contribution in [-0.2, 0) is 9.53 Å². The maximum absolute atomic E-state index is 11.6. The number of ether oxygens (including phenoxy) is 1. The zero-order valence-electron chi connectivity index (χ0n) is 12.1. The lowest BCUT2D eigenvalue weighted by Gasteiger charge is -2.08. The number of rotatable bonds is 6. The fraction of sp³-hybridized carbons (Fsp3) is 0.429. The normalized spacial score (nSPS) is 10.0. The average molecular weight is 293 g/mol. The predicted molar refractivity (Wildman–Crippen MR) is 75.5 cm³/mol. The molecule has 0 saturated heterocycles. The molecule has 0 aliphatic rings. The van der Waals surface area contributed by atoms with E-state index in [0.717, 1.165) is 6.42 Å². The Morgan fingerprint density at radius 3 is 2.52 bits per heavy atom. The summed E-state index contributed by atoms with van der Waals surface area (Å²) in [5, 5.41) is 4.63. The lowest BCUT2D eigenvalue weighted by Crippen LogP contribution is -2.41. The molecule has 0 aliphatic carbocycles. The lowest BCUT2D eigenvalue weighted by molar-refractivity contribution is -0.123. The lowest BCUT2D eigenvalue weighted by atomic mass is 10.1. The van der Waals surface area contributed by atoms with Crippen LogP contribution in [0.25, 0.3) is 0 Å². The standard InChI is InChI=1S/C14H19N3O4/c1-10(2)3-8-16-14(20)17-12(18)9-21-13(19)11-4-6-15-7-5-11/h4-7,10H,3,8-9H2,1-2H3,(H2,16,17,18,20). The summed E-state index contributed by atoms with van der Waals surface area (Å²) >= 11 is 0. The van der Waals surface area contributed by atoms with Crippen molar-refractivity contribution in [2.24, 2.45) is 5.92 Å². The molecule has 0 aliphatic heterocycles. The van der Waals surface area contributed by atoms with Crippen molar-refractivity contribution in [3.05, 3.63) is 30.1 Å². The molecule has 1 rings (SSSR count). The van der Waals surface area contributed by atoms with Gasteiger partial charge < -0.3 is 10.1 Å². The van der Waals surface area contributed by atoms with Gasteiger partial charge in [0.15, 0.2) is 6.61 Å². The van der Waals surface area contributed by atoms with Crippen LogP contribution in [0.5, 0.6) is 0 Å². The topological polar surface area (TPSA) is 97.4 Å². The molecule has 7 nitrogen and oxygen atoms in total. The molecule has 0 radical (unpaired) electrons. The van der Waals surface area contributed by atoms with Gasteiger partial charge in [-0.25, -0.2) is 9.59 Å². The van der Waals surface area contributed by atoms with Crippen molar-refractivity contribution < 1.29 is 19.1 Å². The molecule has 1 heterocycles. The third-order valence-corrected chi connectivity index (χ3v) is 2.51. The number of aromatic nitrogens is 1. The number of imide groups is 1. The molecule has 0 fully saturated rings. The molecule has 21 heavy (non-hydrogen) atoms. The highest BCUT2D eigenvalue weighted by Crippen LogP contribution is 1.99. The molecule has 0 saturated carbocycles. The van der Waals surface area contributed by atoms with Crippen LogP contribution in [0.15, 0.2) is 24.5 Å². The zero-order chi connectivity index (χ0) is 15.7. The first-order valence-electron chi connectivity index (χ1n) is 6.64. The fourth-order valence-corrected chi connectivity index (χ4v) is 1.38. The van der Waals surface area contributed by atoms with E-state index in [4.69, 9.17) is 4.74 Å². The summed E-state index contributed by atoms with van der Waals surface area (Å²) in [6, 6.07) is 2.35. The van der Waals surface area contributed by atoms with Crippen LogP contribution in [0, 0.1) is 5.92 Å². The van der Waals surface area contributed by atoms with Crippen molar-refractivity contribution in [3.63, 3.8) is 0 Å². The number of nitrogens with zero attached hydrogens (tertiary/aromatic N) is 1. The van der Waals surface area contributed by atoms with Gasteiger partial charge in [-0.2, -0.15) is 0 Å². The molecular formula is C14H19N3O4. The summed E-state index contributed by atoms with van der Waals surface area (Å²) in [6.45, 7) is 4.03. The number of carbonyl (C=O) groups is 3. The number of urea groups is 1. The van der Waals surface area contributed by atoms with Crippen molar-refractivity contribution in [3.8, 4) is 0 Å². The number of hydrogen-bond acceptors (Lipinski definition) is 5. The highest BCUT2D eigenvalue weighted by molar-refractivity contribution is 5.96. The predicted octanol–water partition coefficient (Wildman–Crippen LogP) is 1.11. The van der Waals surface area contributed by atoms with Crippen molar-refractivity contribution in [1.82, 2.24) is 15.6 Å². The molecule has 1 aromatic rings. The van der Waals surface area contributed by atoms with E-state index in [1.807, 2.05) is 13.8 Å². The van der Waals surface area contributed by atoms with E-state index in [2.05, 4.69) is 15.6 Å². The molecule has 0 unspecified atom stereocenters. The average Bonchev–Trinajstić information content (AvgIpc) is 2.45. The minimum absolute atomic E-state index is 0.291. The highest BCUT2D eigenvalue weighted by atomic mass is 16.5. The van der Waals surface area contributed by atoms with Crippen LogP contribution in [0.4, 0.5) is 4.79 Å². The van der Waals surface area contributed by atoms with E-state index < -0.39 is 24.5 Å². The second-order valence-corrected chi connectivity index (χ2v) is 4.80. The van der Waals surface area contributed by atoms with Gasteiger partial charge in [0.1, 0.15) is 0 Å². The Kier molecular flexibility index (Phi) is 6.86. The first kappa shape index (κ1) is 16.6. The Hall–Kier alpha value is -2.44. The van der Waals surface area contributed by atoms with E-state index in [-0.39, 0.29) is 0 Å². The maximum Gasteiger partial charge on any atom is 0.338 e. The Bertz CT molecular complexity index is 488. The quantitative estimate of drug-likeness (QED) is 0.766. The Balaban J connectivity index is 2.25. The maximum atomic E-state index is 11.6. The fourth-order valence-electron chi connectivity index (χ4n) is 1.38. The van der Waals surface area contributed by atoms with Crippen LogP contribution in [0.3, 0.4) is 0 Å². The first-order valence-corrected chi connectivity index (χ1v) is 6.64. The molecule has 1 aromatic heterocycles. The van der Waals surface area contributed by atoms with E-state index in [1.54, 1.807) is 0 Å². The van der Waals surface area contributed by atoms with Gasteiger partial charge in [0.2, 0.25) is 0 Å². The number of pyridine rings is 1. The summed E-state index contributed by atoms with van der Waals surface area (Å²) < 4.78 is 4.77. The SMILES string of the molecule is CC(C)CCNC(=O)NC(=O)COC(=O)c1ccncc1. The van der Waals surface area contributed by atoms with Crippen LogP contribution < -0.4 is 10.6 Å². The van der Waals surface area contributed by atoms with Gasteiger partial charge in [-0.15, -0.1) is 0 Å². The van der Waals surface area contributed by atoms with Gasteiger partial charge in [-0.05, 0) is 24.5 Å². The smallest absolute Gasteiger partial charge is 0.338 e. The van der Waals surface area contributed by atoms with Gasteiger partial charge in [-0.1, -0.05) is 13.8 Å². The molecule has 114 valence electrons.